The van der Waals surface area contributed by atoms with Crippen LogP contribution >= 0.6 is 23.2 Å². The molecule has 1 heterocycles. The van der Waals surface area contributed by atoms with Crippen LogP contribution in [0, 0.1) is 5.82 Å². The lowest BCUT2D eigenvalue weighted by molar-refractivity contribution is 0.628. The predicted octanol–water partition coefficient (Wildman–Crippen LogP) is 3.67. The number of benzene rings is 1. The monoisotopic (exact) mass is 257 g/mol. The summed E-state index contributed by atoms with van der Waals surface area (Å²) >= 11 is 11.4. The first-order valence-corrected chi connectivity index (χ1v) is 5.10. The zero-order chi connectivity index (χ0) is 11.5. The van der Waals surface area contributed by atoms with E-state index in [0.717, 1.165) is 0 Å². The Kier molecular flexibility index (Phi) is 3.22. The SMILES string of the molecule is Fc1cc(Cl)cc(Nc2cncc(Cl)n2)c1. The minimum atomic E-state index is -0.426. The van der Waals surface area contributed by atoms with Crippen LogP contribution in [0.15, 0.2) is 30.6 Å². The van der Waals surface area contributed by atoms with Gasteiger partial charge in [0.2, 0.25) is 0 Å². The number of halogens is 3. The van der Waals surface area contributed by atoms with E-state index in [1.165, 1.54) is 24.5 Å². The van der Waals surface area contributed by atoms with Gasteiger partial charge in [-0.1, -0.05) is 23.2 Å². The molecule has 0 bridgehead atoms. The number of aromatic nitrogens is 2. The van der Waals surface area contributed by atoms with Crippen molar-refractivity contribution in [3.8, 4) is 0 Å². The van der Waals surface area contributed by atoms with E-state index >= 15 is 0 Å². The zero-order valence-electron chi connectivity index (χ0n) is 7.92. The van der Waals surface area contributed by atoms with Gasteiger partial charge in [-0.25, -0.2) is 9.37 Å². The molecule has 82 valence electrons. The molecule has 0 aliphatic heterocycles. The van der Waals surface area contributed by atoms with E-state index < -0.39 is 5.82 Å². The van der Waals surface area contributed by atoms with Crippen molar-refractivity contribution in [2.24, 2.45) is 0 Å². The molecule has 0 unspecified atom stereocenters. The van der Waals surface area contributed by atoms with Crippen LogP contribution in [0.25, 0.3) is 0 Å². The van der Waals surface area contributed by atoms with Gasteiger partial charge in [-0.05, 0) is 18.2 Å². The third-order valence-corrected chi connectivity index (χ3v) is 2.14. The second-order valence-electron chi connectivity index (χ2n) is 3.01. The first-order chi connectivity index (χ1) is 7.63. The van der Waals surface area contributed by atoms with E-state index in [1.54, 1.807) is 6.07 Å². The van der Waals surface area contributed by atoms with Gasteiger partial charge in [0.25, 0.3) is 0 Å². The predicted molar refractivity (Wildman–Crippen MR) is 61.7 cm³/mol. The van der Waals surface area contributed by atoms with Gasteiger partial charge in [0, 0.05) is 10.7 Å². The van der Waals surface area contributed by atoms with Crippen molar-refractivity contribution < 1.29 is 4.39 Å². The molecule has 0 amide bonds. The molecule has 1 aromatic carbocycles. The molecule has 2 aromatic rings. The summed E-state index contributed by atoms with van der Waals surface area (Å²) in [6.07, 6.45) is 2.88. The van der Waals surface area contributed by atoms with Crippen molar-refractivity contribution in [1.82, 2.24) is 9.97 Å². The third kappa shape index (κ3) is 2.81. The Balaban J connectivity index is 2.27. The largest absolute Gasteiger partial charge is 0.339 e. The first-order valence-electron chi connectivity index (χ1n) is 4.34. The average molecular weight is 258 g/mol. The van der Waals surface area contributed by atoms with Crippen molar-refractivity contribution in [1.29, 1.82) is 0 Å². The van der Waals surface area contributed by atoms with Crippen LogP contribution in [-0.2, 0) is 0 Å². The molecular formula is C10H6Cl2FN3. The lowest BCUT2D eigenvalue weighted by Crippen LogP contribution is -1.95. The molecule has 0 spiro atoms. The maximum atomic E-state index is 13.0. The number of hydrogen-bond donors (Lipinski definition) is 1. The third-order valence-electron chi connectivity index (χ3n) is 1.74. The smallest absolute Gasteiger partial charge is 0.150 e. The maximum absolute atomic E-state index is 13.0. The summed E-state index contributed by atoms with van der Waals surface area (Å²) in [6.45, 7) is 0. The molecule has 6 heteroatoms. The van der Waals surface area contributed by atoms with Gasteiger partial charge in [0.15, 0.2) is 5.82 Å². The zero-order valence-corrected chi connectivity index (χ0v) is 9.43. The van der Waals surface area contributed by atoms with Crippen LogP contribution in [0.3, 0.4) is 0 Å². The number of anilines is 2. The quantitative estimate of drug-likeness (QED) is 0.893. The van der Waals surface area contributed by atoms with E-state index in [1.807, 2.05) is 0 Å². The second kappa shape index (κ2) is 4.63. The van der Waals surface area contributed by atoms with Crippen LogP contribution in [0.4, 0.5) is 15.9 Å². The topological polar surface area (TPSA) is 37.8 Å². The molecule has 0 aliphatic carbocycles. The summed E-state index contributed by atoms with van der Waals surface area (Å²) < 4.78 is 13.0. The molecule has 0 radical (unpaired) electrons. The van der Waals surface area contributed by atoms with Crippen LogP contribution in [0.5, 0.6) is 0 Å². The Morgan fingerprint density at radius 2 is 1.94 bits per heavy atom. The Hall–Kier alpha value is -1.39. The Labute approximate surface area is 101 Å². The molecule has 0 saturated carbocycles. The molecule has 0 atom stereocenters. The molecule has 1 aromatic heterocycles. The van der Waals surface area contributed by atoms with Crippen LogP contribution in [0.1, 0.15) is 0 Å². The van der Waals surface area contributed by atoms with Crippen LogP contribution in [0.2, 0.25) is 10.2 Å². The van der Waals surface area contributed by atoms with Crippen LogP contribution < -0.4 is 5.32 Å². The van der Waals surface area contributed by atoms with Crippen LogP contribution in [-0.4, -0.2) is 9.97 Å². The lowest BCUT2D eigenvalue weighted by atomic mass is 10.3. The Bertz CT molecular complexity index is 499. The summed E-state index contributed by atoms with van der Waals surface area (Å²) in [6, 6.07) is 4.10. The first kappa shape index (κ1) is 11.1. The van der Waals surface area contributed by atoms with Gasteiger partial charge >= 0.3 is 0 Å². The van der Waals surface area contributed by atoms with E-state index in [0.29, 0.717) is 16.5 Å². The van der Waals surface area contributed by atoms with Gasteiger partial charge in [-0.3, -0.25) is 4.98 Å². The van der Waals surface area contributed by atoms with Gasteiger partial charge in [-0.2, -0.15) is 0 Å². The molecule has 0 saturated heterocycles. The fraction of sp³-hybridized carbons (Fsp3) is 0. The van der Waals surface area contributed by atoms with Crippen molar-refractivity contribution in [3.05, 3.63) is 46.6 Å². The highest BCUT2D eigenvalue weighted by molar-refractivity contribution is 6.30. The molecule has 16 heavy (non-hydrogen) atoms. The highest BCUT2D eigenvalue weighted by atomic mass is 35.5. The van der Waals surface area contributed by atoms with Crippen molar-refractivity contribution >= 4 is 34.7 Å². The number of rotatable bonds is 2. The van der Waals surface area contributed by atoms with Crippen molar-refractivity contribution in [2.75, 3.05) is 5.32 Å². The highest BCUT2D eigenvalue weighted by Crippen LogP contribution is 2.21. The molecular weight excluding hydrogens is 252 g/mol. The normalized spacial score (nSPS) is 10.2. The fourth-order valence-electron chi connectivity index (χ4n) is 1.18. The summed E-state index contributed by atoms with van der Waals surface area (Å²) in [7, 11) is 0. The number of nitrogens with zero attached hydrogens (tertiary/aromatic N) is 2. The lowest BCUT2D eigenvalue weighted by Gasteiger charge is -2.05. The van der Waals surface area contributed by atoms with E-state index in [9.17, 15) is 4.39 Å². The number of nitrogens with one attached hydrogen (secondary N) is 1. The van der Waals surface area contributed by atoms with Crippen molar-refractivity contribution in [2.45, 2.75) is 0 Å². The summed E-state index contributed by atoms with van der Waals surface area (Å²) in [4.78, 5) is 7.80. The summed E-state index contributed by atoms with van der Waals surface area (Å²) in [5.41, 5.74) is 0.488. The Morgan fingerprint density at radius 1 is 1.12 bits per heavy atom. The highest BCUT2D eigenvalue weighted by Gasteiger charge is 2.01. The van der Waals surface area contributed by atoms with Gasteiger partial charge in [0.1, 0.15) is 11.0 Å². The van der Waals surface area contributed by atoms with E-state index in [2.05, 4.69) is 15.3 Å². The van der Waals surface area contributed by atoms with E-state index in [-0.39, 0.29) is 5.15 Å². The molecule has 2 rings (SSSR count). The standard InChI is InChI=1S/C10H6Cl2FN3/c11-6-1-7(13)3-8(2-6)15-10-5-14-4-9(12)16-10/h1-5H,(H,15,16). The molecule has 0 fully saturated rings. The van der Waals surface area contributed by atoms with Gasteiger partial charge in [-0.15, -0.1) is 0 Å². The van der Waals surface area contributed by atoms with Gasteiger partial charge in [0.05, 0.1) is 12.4 Å². The molecule has 0 aliphatic rings. The second-order valence-corrected chi connectivity index (χ2v) is 3.83. The molecule has 3 nitrogen and oxygen atoms in total. The van der Waals surface area contributed by atoms with E-state index in [4.69, 9.17) is 23.2 Å². The number of hydrogen-bond acceptors (Lipinski definition) is 3. The summed E-state index contributed by atoms with van der Waals surface area (Å²) in [5, 5.41) is 3.40. The molecule has 1 N–H and O–H groups in total. The van der Waals surface area contributed by atoms with Gasteiger partial charge < -0.3 is 5.32 Å². The minimum Gasteiger partial charge on any atom is -0.339 e. The Morgan fingerprint density at radius 3 is 2.62 bits per heavy atom. The average Bonchev–Trinajstić information content (AvgIpc) is 2.15. The van der Waals surface area contributed by atoms with Crippen molar-refractivity contribution in [3.63, 3.8) is 0 Å². The maximum Gasteiger partial charge on any atom is 0.150 e. The minimum absolute atomic E-state index is 0.257. The fourth-order valence-corrected chi connectivity index (χ4v) is 1.55. The summed E-state index contributed by atoms with van der Waals surface area (Å²) in [5.74, 6) is -0.000783.